The predicted octanol–water partition coefficient (Wildman–Crippen LogP) is 3.04. The zero-order chi connectivity index (χ0) is 15.5. The van der Waals surface area contributed by atoms with Crippen LogP contribution in [0.5, 0.6) is 0 Å². The van der Waals surface area contributed by atoms with E-state index in [-0.39, 0.29) is 0 Å². The van der Waals surface area contributed by atoms with Gasteiger partial charge in [0.15, 0.2) is 17.2 Å². The quantitative estimate of drug-likeness (QED) is 0.614. The van der Waals surface area contributed by atoms with E-state index < -0.39 is 0 Å². The molecule has 114 valence electrons. The van der Waals surface area contributed by atoms with E-state index in [0.717, 1.165) is 35.9 Å². The Balaban J connectivity index is 1.59. The summed E-state index contributed by atoms with van der Waals surface area (Å²) in [7, 11) is 0. The van der Waals surface area contributed by atoms with Gasteiger partial charge in [0.1, 0.15) is 5.69 Å². The standard InChI is InChI=1S/C17H15N5O/c1-2-15(23-11-1)14-12-22-10-9-20-17(22)16(21-14)19-8-5-13-3-6-18-7-4-13/h1-4,6-7,9-12H,5,8H2,(H,19,21). The van der Waals surface area contributed by atoms with Crippen molar-refractivity contribution in [1.82, 2.24) is 19.4 Å². The van der Waals surface area contributed by atoms with Gasteiger partial charge in [-0.2, -0.15) is 0 Å². The first-order chi connectivity index (χ1) is 11.4. The van der Waals surface area contributed by atoms with E-state index in [2.05, 4.69) is 20.3 Å². The Labute approximate surface area is 132 Å². The number of hydrogen-bond acceptors (Lipinski definition) is 5. The summed E-state index contributed by atoms with van der Waals surface area (Å²) >= 11 is 0. The minimum absolute atomic E-state index is 0.734. The van der Waals surface area contributed by atoms with Gasteiger partial charge in [0, 0.05) is 37.5 Å². The van der Waals surface area contributed by atoms with Gasteiger partial charge >= 0.3 is 0 Å². The van der Waals surface area contributed by atoms with Crippen LogP contribution in [0.1, 0.15) is 5.56 Å². The molecule has 23 heavy (non-hydrogen) atoms. The lowest BCUT2D eigenvalue weighted by Crippen LogP contribution is -2.08. The minimum atomic E-state index is 0.734. The third kappa shape index (κ3) is 2.78. The van der Waals surface area contributed by atoms with E-state index in [9.17, 15) is 0 Å². The summed E-state index contributed by atoms with van der Waals surface area (Å²) < 4.78 is 7.39. The van der Waals surface area contributed by atoms with Crippen LogP contribution in [0, 0.1) is 0 Å². The molecule has 0 radical (unpaired) electrons. The number of nitrogens with one attached hydrogen (secondary N) is 1. The summed E-state index contributed by atoms with van der Waals surface area (Å²) in [6, 6.07) is 7.77. The minimum Gasteiger partial charge on any atom is -0.463 e. The van der Waals surface area contributed by atoms with Gasteiger partial charge in [-0.05, 0) is 36.2 Å². The van der Waals surface area contributed by atoms with Gasteiger partial charge in [-0.25, -0.2) is 9.97 Å². The molecule has 4 aromatic heterocycles. The van der Waals surface area contributed by atoms with Crippen LogP contribution in [0.4, 0.5) is 5.82 Å². The molecule has 4 aromatic rings. The molecule has 0 aliphatic carbocycles. The maximum Gasteiger partial charge on any atom is 0.180 e. The van der Waals surface area contributed by atoms with Gasteiger partial charge in [-0.15, -0.1) is 0 Å². The highest BCUT2D eigenvalue weighted by Gasteiger charge is 2.10. The van der Waals surface area contributed by atoms with Crippen LogP contribution in [0.3, 0.4) is 0 Å². The monoisotopic (exact) mass is 305 g/mol. The van der Waals surface area contributed by atoms with E-state index in [1.54, 1.807) is 24.9 Å². The predicted molar refractivity (Wildman–Crippen MR) is 87.1 cm³/mol. The molecule has 0 unspecified atom stereocenters. The first kappa shape index (κ1) is 13.5. The molecule has 0 amide bonds. The Hall–Kier alpha value is -3.15. The normalized spacial score (nSPS) is 11.0. The van der Waals surface area contributed by atoms with Crippen molar-refractivity contribution in [3.05, 3.63) is 67.1 Å². The molecular formula is C17H15N5O. The Morgan fingerprint density at radius 2 is 2.04 bits per heavy atom. The van der Waals surface area contributed by atoms with Crippen molar-refractivity contribution in [2.75, 3.05) is 11.9 Å². The number of nitrogens with zero attached hydrogens (tertiary/aromatic N) is 4. The molecule has 0 aliphatic heterocycles. The molecule has 6 heteroatoms. The number of furan rings is 1. The molecular weight excluding hydrogens is 290 g/mol. The van der Waals surface area contributed by atoms with Crippen LogP contribution < -0.4 is 5.32 Å². The highest BCUT2D eigenvalue weighted by molar-refractivity contribution is 5.67. The molecule has 0 saturated carbocycles. The largest absolute Gasteiger partial charge is 0.463 e. The lowest BCUT2D eigenvalue weighted by atomic mass is 10.2. The summed E-state index contributed by atoms with van der Waals surface area (Å²) in [4.78, 5) is 13.0. The average Bonchev–Trinajstić information content (AvgIpc) is 3.27. The Bertz CT molecular complexity index is 899. The third-order valence-electron chi connectivity index (χ3n) is 3.60. The summed E-state index contributed by atoms with van der Waals surface area (Å²) in [5.41, 5.74) is 2.80. The van der Waals surface area contributed by atoms with Crippen molar-refractivity contribution >= 4 is 11.5 Å². The van der Waals surface area contributed by atoms with Crippen molar-refractivity contribution in [3.8, 4) is 11.5 Å². The van der Waals surface area contributed by atoms with Gasteiger partial charge in [-0.3, -0.25) is 4.98 Å². The highest BCUT2D eigenvalue weighted by Crippen LogP contribution is 2.22. The van der Waals surface area contributed by atoms with Crippen LogP contribution in [0.25, 0.3) is 17.1 Å². The molecule has 6 nitrogen and oxygen atoms in total. The number of pyridine rings is 1. The molecule has 0 saturated heterocycles. The van der Waals surface area contributed by atoms with Gasteiger partial charge in [0.25, 0.3) is 0 Å². The van der Waals surface area contributed by atoms with Crippen molar-refractivity contribution in [2.24, 2.45) is 0 Å². The summed E-state index contributed by atoms with van der Waals surface area (Å²) in [5.74, 6) is 1.48. The van der Waals surface area contributed by atoms with Gasteiger partial charge < -0.3 is 14.1 Å². The first-order valence-corrected chi connectivity index (χ1v) is 7.40. The number of imidazole rings is 1. The van der Waals surface area contributed by atoms with E-state index in [1.807, 2.05) is 41.1 Å². The highest BCUT2D eigenvalue weighted by atomic mass is 16.3. The van der Waals surface area contributed by atoms with E-state index in [1.165, 1.54) is 5.56 Å². The van der Waals surface area contributed by atoms with Crippen LogP contribution >= 0.6 is 0 Å². The second kappa shape index (κ2) is 5.92. The molecule has 0 spiro atoms. The average molecular weight is 305 g/mol. The lowest BCUT2D eigenvalue weighted by Gasteiger charge is -2.09. The van der Waals surface area contributed by atoms with Crippen molar-refractivity contribution in [1.29, 1.82) is 0 Å². The number of hydrogen-bond donors (Lipinski definition) is 1. The van der Waals surface area contributed by atoms with Crippen molar-refractivity contribution < 1.29 is 4.42 Å². The molecule has 0 atom stereocenters. The van der Waals surface area contributed by atoms with Crippen molar-refractivity contribution in [3.63, 3.8) is 0 Å². The summed E-state index contributed by atoms with van der Waals surface area (Å²) in [5, 5.41) is 3.37. The fraction of sp³-hybridized carbons (Fsp3) is 0.118. The van der Waals surface area contributed by atoms with Crippen LogP contribution in [0.2, 0.25) is 0 Å². The summed E-state index contributed by atoms with van der Waals surface area (Å²) in [6.07, 6.45) is 11.7. The summed E-state index contributed by atoms with van der Waals surface area (Å²) in [6.45, 7) is 0.765. The molecule has 0 bridgehead atoms. The maximum absolute atomic E-state index is 5.44. The number of aromatic nitrogens is 4. The SMILES string of the molecule is c1coc(-c2cn3ccnc3c(NCCc3ccncc3)n2)c1. The van der Waals surface area contributed by atoms with E-state index in [0.29, 0.717) is 0 Å². The molecule has 1 N–H and O–H groups in total. The van der Waals surface area contributed by atoms with Crippen LogP contribution in [-0.2, 0) is 6.42 Å². The van der Waals surface area contributed by atoms with Crippen LogP contribution in [-0.4, -0.2) is 25.9 Å². The Kier molecular flexibility index (Phi) is 3.48. The smallest absolute Gasteiger partial charge is 0.180 e. The van der Waals surface area contributed by atoms with Crippen LogP contribution in [0.15, 0.2) is 65.9 Å². The number of rotatable bonds is 5. The first-order valence-electron chi connectivity index (χ1n) is 7.40. The molecule has 4 rings (SSSR count). The molecule has 4 heterocycles. The zero-order valence-corrected chi connectivity index (χ0v) is 12.4. The maximum atomic E-state index is 5.44. The van der Waals surface area contributed by atoms with Gasteiger partial charge in [-0.1, -0.05) is 0 Å². The molecule has 0 aliphatic rings. The van der Waals surface area contributed by atoms with E-state index >= 15 is 0 Å². The van der Waals surface area contributed by atoms with Crippen molar-refractivity contribution in [2.45, 2.75) is 6.42 Å². The second-order valence-corrected chi connectivity index (χ2v) is 5.14. The topological polar surface area (TPSA) is 68.2 Å². The fourth-order valence-corrected chi connectivity index (χ4v) is 2.47. The van der Waals surface area contributed by atoms with E-state index in [4.69, 9.17) is 4.42 Å². The second-order valence-electron chi connectivity index (χ2n) is 5.14. The van der Waals surface area contributed by atoms with Gasteiger partial charge in [0.05, 0.1) is 6.26 Å². The number of fused-ring (bicyclic) bond motifs is 1. The fourth-order valence-electron chi connectivity index (χ4n) is 2.47. The van der Waals surface area contributed by atoms with Gasteiger partial charge in [0.2, 0.25) is 0 Å². The Morgan fingerprint density at radius 3 is 2.87 bits per heavy atom. The Morgan fingerprint density at radius 1 is 1.13 bits per heavy atom. The molecule has 0 fully saturated rings. The zero-order valence-electron chi connectivity index (χ0n) is 12.4. The number of anilines is 1. The third-order valence-corrected chi connectivity index (χ3v) is 3.60. The molecule has 0 aromatic carbocycles. The lowest BCUT2D eigenvalue weighted by molar-refractivity contribution is 0.579.